The lowest BCUT2D eigenvalue weighted by molar-refractivity contribution is -0.123. The summed E-state index contributed by atoms with van der Waals surface area (Å²) in [7, 11) is 1.51. The van der Waals surface area contributed by atoms with Crippen molar-refractivity contribution in [1.29, 1.82) is 0 Å². The predicted molar refractivity (Wildman–Crippen MR) is 87.1 cm³/mol. The molecule has 0 radical (unpaired) electrons. The van der Waals surface area contributed by atoms with Gasteiger partial charge in [-0.3, -0.25) is 4.79 Å². The second-order valence-electron chi connectivity index (χ2n) is 4.82. The lowest BCUT2D eigenvalue weighted by atomic mass is 10.2. The van der Waals surface area contributed by atoms with Crippen LogP contribution in [0.3, 0.4) is 0 Å². The fourth-order valence-electron chi connectivity index (χ4n) is 1.75. The zero-order chi connectivity index (χ0) is 16.7. The number of rotatable bonds is 6. The van der Waals surface area contributed by atoms with Crippen LogP contribution in [0.4, 0.5) is 0 Å². The molecule has 120 valence electrons. The van der Waals surface area contributed by atoms with Crippen molar-refractivity contribution in [2.24, 2.45) is 5.10 Å². The molecule has 0 aliphatic heterocycles. The van der Waals surface area contributed by atoms with Crippen LogP contribution >= 0.6 is 0 Å². The minimum Gasteiger partial charge on any atom is -0.507 e. The highest BCUT2D eigenvalue weighted by atomic mass is 16.5. The summed E-state index contributed by atoms with van der Waals surface area (Å²) in [5, 5.41) is 13.5. The van der Waals surface area contributed by atoms with Crippen molar-refractivity contribution in [2.75, 3.05) is 13.7 Å². The fourth-order valence-corrected chi connectivity index (χ4v) is 1.75. The van der Waals surface area contributed by atoms with Crippen LogP contribution in [0.1, 0.15) is 11.1 Å². The molecule has 0 aliphatic rings. The second kappa shape index (κ2) is 7.84. The van der Waals surface area contributed by atoms with Gasteiger partial charge in [-0.05, 0) is 31.2 Å². The van der Waals surface area contributed by atoms with Crippen molar-refractivity contribution < 1.29 is 19.4 Å². The Bertz CT molecular complexity index is 696. The second-order valence-corrected chi connectivity index (χ2v) is 4.82. The van der Waals surface area contributed by atoms with Crippen LogP contribution in [0.5, 0.6) is 17.2 Å². The highest BCUT2D eigenvalue weighted by Gasteiger charge is 2.03. The van der Waals surface area contributed by atoms with E-state index >= 15 is 0 Å². The van der Waals surface area contributed by atoms with Crippen LogP contribution in [0.15, 0.2) is 47.6 Å². The lowest BCUT2D eigenvalue weighted by Crippen LogP contribution is -2.24. The standard InChI is InChI=1S/C17H18N2O4/c1-12-3-6-14(7-4-12)23-11-17(21)19-18-10-13-5-8-15(22-2)9-16(13)20/h3-10,20H,11H2,1-2H3,(H,19,21). The molecule has 0 aliphatic carbocycles. The zero-order valence-electron chi connectivity index (χ0n) is 12.9. The van der Waals surface area contributed by atoms with Crippen molar-refractivity contribution in [3.05, 3.63) is 53.6 Å². The number of hydrogen-bond donors (Lipinski definition) is 2. The van der Waals surface area contributed by atoms with E-state index in [2.05, 4.69) is 10.5 Å². The van der Waals surface area contributed by atoms with Crippen molar-refractivity contribution in [2.45, 2.75) is 6.92 Å². The topological polar surface area (TPSA) is 80.2 Å². The molecule has 0 bridgehead atoms. The number of carbonyl (C=O) groups is 1. The van der Waals surface area contributed by atoms with E-state index in [9.17, 15) is 9.90 Å². The van der Waals surface area contributed by atoms with Crippen LogP contribution in [0.2, 0.25) is 0 Å². The molecule has 2 aromatic rings. The lowest BCUT2D eigenvalue weighted by Gasteiger charge is -2.05. The third-order valence-electron chi connectivity index (χ3n) is 3.02. The first-order chi connectivity index (χ1) is 11.1. The highest BCUT2D eigenvalue weighted by molar-refractivity contribution is 5.85. The van der Waals surface area contributed by atoms with E-state index in [1.165, 1.54) is 19.4 Å². The van der Waals surface area contributed by atoms with Crippen molar-refractivity contribution in [3.8, 4) is 17.2 Å². The van der Waals surface area contributed by atoms with Gasteiger partial charge in [0.1, 0.15) is 17.2 Å². The van der Waals surface area contributed by atoms with Gasteiger partial charge in [0.05, 0.1) is 13.3 Å². The minimum absolute atomic E-state index is 0.0123. The maximum Gasteiger partial charge on any atom is 0.277 e. The molecule has 2 rings (SSSR count). The number of methoxy groups -OCH3 is 1. The summed E-state index contributed by atoms with van der Waals surface area (Å²) in [6, 6.07) is 12.2. The van der Waals surface area contributed by atoms with Gasteiger partial charge in [-0.25, -0.2) is 5.43 Å². The molecular formula is C17H18N2O4. The van der Waals surface area contributed by atoms with Gasteiger partial charge >= 0.3 is 0 Å². The molecule has 6 heteroatoms. The first-order valence-corrected chi connectivity index (χ1v) is 6.97. The molecule has 0 saturated heterocycles. The molecule has 0 saturated carbocycles. The molecule has 1 amide bonds. The van der Waals surface area contributed by atoms with Crippen molar-refractivity contribution in [3.63, 3.8) is 0 Å². The van der Waals surface area contributed by atoms with Gasteiger partial charge in [0, 0.05) is 11.6 Å². The Kier molecular flexibility index (Phi) is 5.57. The molecule has 23 heavy (non-hydrogen) atoms. The molecule has 6 nitrogen and oxygen atoms in total. The molecule has 0 spiro atoms. The smallest absolute Gasteiger partial charge is 0.277 e. The Morgan fingerprint density at radius 3 is 2.57 bits per heavy atom. The number of hydrazone groups is 1. The maximum atomic E-state index is 11.6. The minimum atomic E-state index is -0.394. The van der Waals surface area contributed by atoms with Gasteiger partial charge in [-0.1, -0.05) is 17.7 Å². The van der Waals surface area contributed by atoms with Crippen LogP contribution < -0.4 is 14.9 Å². The molecular weight excluding hydrogens is 296 g/mol. The highest BCUT2D eigenvalue weighted by Crippen LogP contribution is 2.21. The molecule has 0 aromatic heterocycles. The molecule has 0 heterocycles. The number of nitrogens with one attached hydrogen (secondary N) is 1. The SMILES string of the molecule is COc1ccc(C=NNC(=O)COc2ccc(C)cc2)c(O)c1. The molecule has 0 fully saturated rings. The van der Waals surface area contributed by atoms with Gasteiger partial charge in [-0.15, -0.1) is 0 Å². The number of benzene rings is 2. The van der Waals surface area contributed by atoms with Crippen LogP contribution in [0, 0.1) is 6.92 Å². The first-order valence-electron chi connectivity index (χ1n) is 6.97. The number of phenols is 1. The van der Waals surface area contributed by atoms with Crippen LogP contribution in [-0.4, -0.2) is 30.9 Å². The zero-order valence-corrected chi connectivity index (χ0v) is 12.9. The summed E-state index contributed by atoms with van der Waals surface area (Å²) in [5.74, 6) is 0.769. The quantitative estimate of drug-likeness (QED) is 0.633. The van der Waals surface area contributed by atoms with E-state index < -0.39 is 5.91 Å². The Morgan fingerprint density at radius 2 is 1.91 bits per heavy atom. The molecule has 2 N–H and O–H groups in total. The average molecular weight is 314 g/mol. The van der Waals surface area contributed by atoms with Crippen LogP contribution in [-0.2, 0) is 4.79 Å². The number of amides is 1. The van der Waals surface area contributed by atoms with E-state index in [0.29, 0.717) is 17.1 Å². The van der Waals surface area contributed by atoms with E-state index in [4.69, 9.17) is 9.47 Å². The van der Waals surface area contributed by atoms with Gasteiger partial charge < -0.3 is 14.6 Å². The number of ether oxygens (including phenoxy) is 2. The van der Waals surface area contributed by atoms with E-state index in [0.717, 1.165) is 5.56 Å². The summed E-state index contributed by atoms with van der Waals surface area (Å²) in [6.45, 7) is 1.83. The number of nitrogens with zero attached hydrogens (tertiary/aromatic N) is 1. The number of carbonyl (C=O) groups excluding carboxylic acids is 1. The molecule has 2 aromatic carbocycles. The fraction of sp³-hybridized carbons (Fsp3) is 0.176. The molecule has 0 unspecified atom stereocenters. The van der Waals surface area contributed by atoms with E-state index in [1.54, 1.807) is 24.3 Å². The van der Waals surface area contributed by atoms with Gasteiger partial charge in [0.25, 0.3) is 5.91 Å². The van der Waals surface area contributed by atoms with Gasteiger partial charge in [-0.2, -0.15) is 5.10 Å². The number of hydrogen-bond acceptors (Lipinski definition) is 5. The number of aromatic hydroxyl groups is 1. The molecule has 0 atom stereocenters. The van der Waals surface area contributed by atoms with E-state index in [-0.39, 0.29) is 12.4 Å². The summed E-state index contributed by atoms with van der Waals surface area (Å²) in [5.41, 5.74) is 3.91. The first kappa shape index (κ1) is 16.4. The van der Waals surface area contributed by atoms with Crippen molar-refractivity contribution in [1.82, 2.24) is 5.43 Å². The predicted octanol–water partition coefficient (Wildman–Crippen LogP) is 2.24. The Morgan fingerprint density at radius 1 is 1.22 bits per heavy atom. The van der Waals surface area contributed by atoms with Crippen LogP contribution in [0.25, 0.3) is 0 Å². The average Bonchev–Trinajstić information content (AvgIpc) is 2.55. The summed E-state index contributed by atoms with van der Waals surface area (Å²) in [6.07, 6.45) is 1.35. The van der Waals surface area contributed by atoms with Crippen molar-refractivity contribution >= 4 is 12.1 Å². The van der Waals surface area contributed by atoms with Gasteiger partial charge in [0.15, 0.2) is 6.61 Å². The van der Waals surface area contributed by atoms with Gasteiger partial charge in [0.2, 0.25) is 0 Å². The normalized spacial score (nSPS) is 10.5. The Hall–Kier alpha value is -3.02. The Balaban J connectivity index is 1.83. The third-order valence-corrected chi connectivity index (χ3v) is 3.02. The van der Waals surface area contributed by atoms with E-state index in [1.807, 2.05) is 19.1 Å². The largest absolute Gasteiger partial charge is 0.507 e. The number of phenolic OH excluding ortho intramolecular Hbond substituents is 1. The maximum absolute atomic E-state index is 11.6. The summed E-state index contributed by atoms with van der Waals surface area (Å²) < 4.78 is 10.3. The Labute approximate surface area is 134 Å². The number of aryl methyl sites for hydroxylation is 1. The monoisotopic (exact) mass is 314 g/mol. The third kappa shape index (κ3) is 5.03. The summed E-state index contributed by atoms with van der Waals surface area (Å²) in [4.78, 5) is 11.6. The summed E-state index contributed by atoms with van der Waals surface area (Å²) >= 11 is 0.